The third kappa shape index (κ3) is 5.13. The van der Waals surface area contributed by atoms with Crippen LogP contribution in [0.25, 0.3) is 17.3 Å². The largest absolute Gasteiger partial charge is 0.465 e. The van der Waals surface area contributed by atoms with Crippen molar-refractivity contribution in [2.45, 2.75) is 0 Å². The van der Waals surface area contributed by atoms with E-state index in [1.807, 2.05) is 6.07 Å². The molecule has 4 rings (SSSR count). The number of hydrogen-bond acceptors (Lipinski definition) is 6. The molecule has 0 saturated carbocycles. The van der Waals surface area contributed by atoms with E-state index in [4.69, 9.17) is 16.3 Å². The van der Waals surface area contributed by atoms with Crippen LogP contribution < -0.4 is 20.1 Å². The monoisotopic (exact) mass is 515 g/mol. The van der Waals surface area contributed by atoms with Gasteiger partial charge in [0.25, 0.3) is 11.5 Å². The molecule has 1 N–H and O–H groups in total. The van der Waals surface area contributed by atoms with Crippen LogP contribution in [0.4, 0.5) is 5.69 Å². The summed E-state index contributed by atoms with van der Waals surface area (Å²) in [6, 6.07) is 23.9. The molecule has 4 aromatic rings. The van der Waals surface area contributed by atoms with Crippen molar-refractivity contribution >= 4 is 52.2 Å². The number of halogens is 1. The van der Waals surface area contributed by atoms with Gasteiger partial charge in [0.2, 0.25) is 0 Å². The first-order valence-corrected chi connectivity index (χ1v) is 11.8. The van der Waals surface area contributed by atoms with Gasteiger partial charge in [-0.15, -0.1) is 11.3 Å². The first kappa shape index (κ1) is 24.7. The minimum atomic E-state index is -0.689. The molecule has 0 bridgehead atoms. The van der Waals surface area contributed by atoms with Gasteiger partial charge in [0.15, 0.2) is 5.57 Å². The topological polar surface area (TPSA) is 101 Å². The normalized spacial score (nSPS) is 12.0. The fraction of sp³-hybridized carbons (Fsp3) is 0.0370. The molecule has 7 nitrogen and oxygen atoms in total. The van der Waals surface area contributed by atoms with Crippen molar-refractivity contribution in [2.75, 3.05) is 12.4 Å². The summed E-state index contributed by atoms with van der Waals surface area (Å²) in [6.07, 6.45) is 1.64. The summed E-state index contributed by atoms with van der Waals surface area (Å²) in [5, 5.41) is 12.9. The molecule has 0 aliphatic carbocycles. The third-order valence-corrected chi connectivity index (χ3v) is 6.56. The fourth-order valence-corrected chi connectivity index (χ4v) is 4.67. The highest BCUT2D eigenvalue weighted by atomic mass is 35.5. The minimum Gasteiger partial charge on any atom is -0.465 e. The van der Waals surface area contributed by atoms with E-state index in [0.29, 0.717) is 32.1 Å². The van der Waals surface area contributed by atoms with Crippen LogP contribution in [0, 0.1) is 11.3 Å². The van der Waals surface area contributed by atoms with Crippen molar-refractivity contribution in [3.05, 3.63) is 115 Å². The van der Waals surface area contributed by atoms with Crippen LogP contribution in [-0.2, 0) is 9.53 Å². The highest BCUT2D eigenvalue weighted by Gasteiger charge is 2.18. The summed E-state index contributed by atoms with van der Waals surface area (Å²) >= 11 is 7.17. The lowest BCUT2D eigenvalue weighted by Gasteiger charge is -2.07. The third-order valence-electron chi connectivity index (χ3n) is 5.14. The van der Waals surface area contributed by atoms with Gasteiger partial charge >= 0.3 is 5.97 Å². The number of esters is 1. The summed E-state index contributed by atoms with van der Waals surface area (Å²) in [7, 11) is 1.30. The molecule has 0 radical (unpaired) electrons. The summed E-state index contributed by atoms with van der Waals surface area (Å²) < 4.78 is 6.53. The summed E-state index contributed by atoms with van der Waals surface area (Å²) in [5.41, 5.74) is 1.26. The Labute approximate surface area is 214 Å². The zero-order chi connectivity index (χ0) is 25.7. The Morgan fingerprint density at radius 3 is 2.33 bits per heavy atom. The average molecular weight is 516 g/mol. The number of nitriles is 1. The number of thiazole rings is 1. The maximum atomic E-state index is 13.5. The Morgan fingerprint density at radius 1 is 1.03 bits per heavy atom. The molecule has 178 valence electrons. The molecule has 0 spiro atoms. The van der Waals surface area contributed by atoms with Crippen LogP contribution in [0.5, 0.6) is 0 Å². The number of aromatic nitrogens is 1. The highest BCUT2D eigenvalue weighted by Crippen LogP contribution is 2.21. The summed E-state index contributed by atoms with van der Waals surface area (Å²) in [4.78, 5) is 38.3. The molecular formula is C27H18ClN3O4S. The van der Waals surface area contributed by atoms with E-state index < -0.39 is 17.4 Å². The van der Waals surface area contributed by atoms with Crippen LogP contribution in [0.1, 0.15) is 15.9 Å². The number of rotatable bonds is 5. The van der Waals surface area contributed by atoms with E-state index in [2.05, 4.69) is 5.32 Å². The van der Waals surface area contributed by atoms with Crippen LogP contribution in [0.2, 0.25) is 5.02 Å². The van der Waals surface area contributed by atoms with Crippen LogP contribution >= 0.6 is 22.9 Å². The Hall–Kier alpha value is -4.45. The number of carbonyl (C=O) groups is 2. The van der Waals surface area contributed by atoms with Crippen molar-refractivity contribution in [3.63, 3.8) is 0 Å². The molecule has 1 heterocycles. The maximum Gasteiger partial charge on any atom is 0.337 e. The van der Waals surface area contributed by atoms with Gasteiger partial charge in [-0.1, -0.05) is 54.1 Å². The van der Waals surface area contributed by atoms with Gasteiger partial charge in [0.1, 0.15) is 10.7 Å². The van der Waals surface area contributed by atoms with Crippen LogP contribution in [0.15, 0.2) is 83.7 Å². The second-order valence-corrected chi connectivity index (χ2v) is 8.86. The van der Waals surface area contributed by atoms with Crippen LogP contribution in [0.3, 0.4) is 0 Å². The van der Waals surface area contributed by atoms with Crippen molar-refractivity contribution in [3.8, 4) is 11.8 Å². The highest BCUT2D eigenvalue weighted by molar-refractivity contribution is 7.07. The molecule has 36 heavy (non-hydrogen) atoms. The van der Waals surface area contributed by atoms with E-state index in [9.17, 15) is 19.6 Å². The lowest BCUT2D eigenvalue weighted by Crippen LogP contribution is -2.32. The zero-order valence-electron chi connectivity index (χ0n) is 18.9. The molecule has 0 fully saturated rings. The van der Waals surface area contributed by atoms with E-state index in [1.165, 1.54) is 11.7 Å². The number of nitrogens with one attached hydrogen (secondary N) is 1. The quantitative estimate of drug-likeness (QED) is 0.410. The molecule has 1 aromatic heterocycles. The number of anilines is 1. The Bertz CT molecular complexity index is 1670. The molecular weight excluding hydrogens is 498 g/mol. The molecule has 1 amide bonds. The van der Waals surface area contributed by atoms with Crippen molar-refractivity contribution < 1.29 is 14.3 Å². The maximum absolute atomic E-state index is 13.5. The number of methoxy groups -OCH3 is 1. The lowest BCUT2D eigenvalue weighted by molar-refractivity contribution is -0.111. The van der Waals surface area contributed by atoms with Crippen molar-refractivity contribution in [1.82, 2.24) is 4.57 Å². The molecule has 3 aromatic carbocycles. The molecule has 0 atom stereocenters. The van der Waals surface area contributed by atoms with Gasteiger partial charge in [-0.25, -0.2) is 4.79 Å². The number of amides is 1. The number of ether oxygens (including phenoxy) is 1. The molecule has 0 aliphatic heterocycles. The Balaban J connectivity index is 1.91. The van der Waals surface area contributed by atoms with E-state index in [1.54, 1.807) is 84.9 Å². The predicted molar refractivity (Wildman–Crippen MR) is 140 cm³/mol. The van der Waals surface area contributed by atoms with Crippen molar-refractivity contribution in [2.24, 2.45) is 0 Å². The first-order chi connectivity index (χ1) is 17.4. The average Bonchev–Trinajstić information content (AvgIpc) is 3.21. The standard InChI is InChI=1S/C27H18ClN3O4S/c1-35-27(34)18-13-11-17(12-14-18)15-23-25(33)31(19-7-3-2-4-8-19)26(36-23)20(16-29)24(32)30-22-10-6-5-9-21(22)28/h2-15H,1H3,(H,30,32)/b23-15+,26-20-. The second kappa shape index (κ2) is 10.9. The lowest BCUT2D eigenvalue weighted by atomic mass is 10.1. The number of hydrogen-bond donors (Lipinski definition) is 1. The SMILES string of the molecule is COC(=O)c1ccc(/C=c2/s/c(=C(/C#N)C(=O)Nc3ccccc3Cl)n(-c3ccccc3)c2=O)cc1. The van der Waals surface area contributed by atoms with Crippen molar-refractivity contribution in [1.29, 1.82) is 5.26 Å². The number of para-hydroxylation sites is 2. The van der Waals surface area contributed by atoms with Gasteiger partial charge in [-0.05, 0) is 48.0 Å². The van der Waals surface area contributed by atoms with Gasteiger partial charge in [-0.3, -0.25) is 14.2 Å². The molecule has 0 unspecified atom stereocenters. The Morgan fingerprint density at radius 2 is 1.69 bits per heavy atom. The van der Waals surface area contributed by atoms with E-state index >= 15 is 0 Å². The number of nitrogens with zero attached hydrogens (tertiary/aromatic N) is 2. The molecule has 0 aliphatic rings. The molecule has 9 heteroatoms. The molecule has 0 saturated heterocycles. The van der Waals surface area contributed by atoms with Gasteiger partial charge in [-0.2, -0.15) is 5.26 Å². The van der Waals surface area contributed by atoms with Crippen LogP contribution in [-0.4, -0.2) is 23.6 Å². The predicted octanol–water partition coefficient (Wildman–Crippen LogP) is 3.48. The first-order valence-electron chi connectivity index (χ1n) is 10.6. The number of carbonyl (C=O) groups excluding carboxylic acids is 2. The smallest absolute Gasteiger partial charge is 0.337 e. The van der Waals surface area contributed by atoms with Gasteiger partial charge in [0, 0.05) is 0 Å². The van der Waals surface area contributed by atoms with Gasteiger partial charge < -0.3 is 10.1 Å². The second-order valence-electron chi connectivity index (χ2n) is 7.43. The van der Waals surface area contributed by atoms with E-state index in [0.717, 1.165) is 11.3 Å². The minimum absolute atomic E-state index is 0.177. The fourth-order valence-electron chi connectivity index (χ4n) is 3.39. The van der Waals surface area contributed by atoms with Gasteiger partial charge in [0.05, 0.1) is 33.6 Å². The Kier molecular flexibility index (Phi) is 7.44. The summed E-state index contributed by atoms with van der Waals surface area (Å²) in [5.74, 6) is -1.16. The zero-order valence-corrected chi connectivity index (χ0v) is 20.5. The van der Waals surface area contributed by atoms with E-state index in [-0.39, 0.29) is 10.2 Å². The summed E-state index contributed by atoms with van der Waals surface area (Å²) in [6.45, 7) is 0. The number of benzene rings is 3.